The van der Waals surface area contributed by atoms with Crippen molar-refractivity contribution in [3.63, 3.8) is 0 Å². The number of carbonyl (C=O) groups is 1. The number of hydrogen-bond donors (Lipinski definition) is 1. The van der Waals surface area contributed by atoms with Crippen molar-refractivity contribution in [2.45, 2.75) is 38.8 Å². The second kappa shape index (κ2) is 6.77. The molecule has 0 aliphatic heterocycles. The van der Waals surface area contributed by atoms with Crippen LogP contribution in [-0.4, -0.2) is 15.7 Å². The van der Waals surface area contributed by atoms with Crippen molar-refractivity contribution in [1.29, 1.82) is 0 Å². The summed E-state index contributed by atoms with van der Waals surface area (Å²) in [5, 5.41) is 7.26. The predicted molar refractivity (Wildman–Crippen MR) is 88.2 cm³/mol. The van der Waals surface area contributed by atoms with Crippen LogP contribution in [0.15, 0.2) is 47.3 Å². The first kappa shape index (κ1) is 15.5. The van der Waals surface area contributed by atoms with Gasteiger partial charge in [0.05, 0.1) is 6.04 Å². The predicted octanol–water partition coefficient (Wildman–Crippen LogP) is 2.53. The molecule has 1 aliphatic rings. The lowest BCUT2D eigenvalue weighted by Crippen LogP contribution is -2.33. The number of benzene rings is 1. The molecule has 5 nitrogen and oxygen atoms in total. The molecule has 1 atom stereocenters. The van der Waals surface area contributed by atoms with Crippen LogP contribution in [0.2, 0.25) is 0 Å². The maximum Gasteiger partial charge on any atom is 0.272 e. The van der Waals surface area contributed by atoms with Crippen LogP contribution in [0.4, 0.5) is 0 Å². The summed E-state index contributed by atoms with van der Waals surface area (Å²) < 4.78 is 1.35. The Labute approximate surface area is 135 Å². The SMILES string of the molecule is CCCn1nc(C(=O)N[C@H](c2ccccc2)C2CC2)ccc1=O. The highest BCUT2D eigenvalue weighted by atomic mass is 16.2. The fraction of sp³-hybridized carbons (Fsp3) is 0.389. The molecule has 1 aromatic carbocycles. The van der Waals surface area contributed by atoms with Crippen LogP contribution in [0, 0.1) is 5.92 Å². The van der Waals surface area contributed by atoms with Crippen LogP contribution in [0.25, 0.3) is 0 Å². The molecule has 2 aromatic rings. The normalized spacial score (nSPS) is 15.2. The Morgan fingerprint density at radius 1 is 1.26 bits per heavy atom. The lowest BCUT2D eigenvalue weighted by atomic mass is 10.0. The average molecular weight is 311 g/mol. The maximum atomic E-state index is 12.5. The minimum absolute atomic E-state index is 0.0112. The van der Waals surface area contributed by atoms with Crippen LogP contribution in [0.1, 0.15) is 48.3 Å². The van der Waals surface area contributed by atoms with Gasteiger partial charge in [0.25, 0.3) is 11.5 Å². The van der Waals surface area contributed by atoms with Gasteiger partial charge >= 0.3 is 0 Å². The zero-order valence-electron chi connectivity index (χ0n) is 13.2. The first-order valence-electron chi connectivity index (χ1n) is 8.13. The molecule has 0 radical (unpaired) electrons. The molecule has 1 heterocycles. The lowest BCUT2D eigenvalue weighted by Gasteiger charge is -2.18. The van der Waals surface area contributed by atoms with Gasteiger partial charge in [-0.05, 0) is 36.8 Å². The average Bonchev–Trinajstić information content (AvgIpc) is 3.40. The van der Waals surface area contributed by atoms with E-state index in [-0.39, 0.29) is 17.5 Å². The number of rotatable bonds is 6. The fourth-order valence-electron chi connectivity index (χ4n) is 2.72. The Bertz CT molecular complexity index is 735. The third-order valence-electron chi connectivity index (χ3n) is 4.07. The van der Waals surface area contributed by atoms with Gasteiger partial charge in [0.15, 0.2) is 0 Å². The van der Waals surface area contributed by atoms with Crippen LogP contribution >= 0.6 is 0 Å². The number of aryl methyl sites for hydroxylation is 1. The largest absolute Gasteiger partial charge is 0.344 e. The van der Waals surface area contributed by atoms with E-state index in [1.165, 1.54) is 16.8 Å². The lowest BCUT2D eigenvalue weighted by molar-refractivity contribution is 0.0924. The first-order valence-corrected chi connectivity index (χ1v) is 8.13. The summed E-state index contributed by atoms with van der Waals surface area (Å²) in [6.45, 7) is 2.49. The molecular formula is C18H21N3O2. The van der Waals surface area contributed by atoms with E-state index in [0.29, 0.717) is 18.2 Å². The zero-order valence-corrected chi connectivity index (χ0v) is 13.2. The van der Waals surface area contributed by atoms with E-state index in [2.05, 4.69) is 10.4 Å². The van der Waals surface area contributed by atoms with Gasteiger partial charge in [-0.1, -0.05) is 37.3 Å². The van der Waals surface area contributed by atoms with Crippen molar-refractivity contribution in [3.8, 4) is 0 Å². The highest BCUT2D eigenvalue weighted by Crippen LogP contribution is 2.41. The summed E-state index contributed by atoms with van der Waals surface area (Å²) >= 11 is 0. The van der Waals surface area contributed by atoms with E-state index in [1.807, 2.05) is 37.3 Å². The number of hydrogen-bond acceptors (Lipinski definition) is 3. The molecule has 0 unspecified atom stereocenters. The summed E-state index contributed by atoms with van der Waals surface area (Å²) in [6.07, 6.45) is 3.05. The molecule has 1 amide bonds. The molecule has 0 bridgehead atoms. The number of aromatic nitrogens is 2. The van der Waals surface area contributed by atoms with Gasteiger partial charge in [-0.25, -0.2) is 4.68 Å². The van der Waals surface area contributed by atoms with Crippen molar-refractivity contribution in [3.05, 3.63) is 64.1 Å². The van der Waals surface area contributed by atoms with Crippen LogP contribution < -0.4 is 10.9 Å². The van der Waals surface area contributed by atoms with E-state index in [4.69, 9.17) is 0 Å². The molecule has 1 fully saturated rings. The minimum atomic E-state index is -0.226. The standard InChI is InChI=1S/C18H21N3O2/c1-2-12-21-16(22)11-10-15(20-21)18(23)19-17(14-8-9-14)13-6-4-3-5-7-13/h3-7,10-11,14,17H,2,8-9,12H2,1H3,(H,19,23)/t17-/m1/s1. The fourth-order valence-corrected chi connectivity index (χ4v) is 2.72. The van der Waals surface area contributed by atoms with Crippen molar-refractivity contribution in [2.75, 3.05) is 0 Å². The van der Waals surface area contributed by atoms with E-state index in [9.17, 15) is 9.59 Å². The van der Waals surface area contributed by atoms with Gasteiger partial charge in [0.1, 0.15) is 5.69 Å². The molecule has 0 saturated heterocycles. The third-order valence-corrected chi connectivity index (χ3v) is 4.07. The Balaban J connectivity index is 1.80. The van der Waals surface area contributed by atoms with Gasteiger partial charge in [0, 0.05) is 12.6 Å². The highest BCUT2D eigenvalue weighted by molar-refractivity contribution is 5.92. The summed E-state index contributed by atoms with van der Waals surface area (Å²) in [6, 6.07) is 12.9. The molecule has 3 rings (SSSR count). The smallest absolute Gasteiger partial charge is 0.272 e. The molecule has 5 heteroatoms. The third kappa shape index (κ3) is 3.67. The van der Waals surface area contributed by atoms with E-state index in [0.717, 1.165) is 24.8 Å². The van der Waals surface area contributed by atoms with Crippen molar-refractivity contribution in [2.24, 2.45) is 5.92 Å². The molecule has 0 spiro atoms. The van der Waals surface area contributed by atoms with E-state index < -0.39 is 0 Å². The van der Waals surface area contributed by atoms with Gasteiger partial charge < -0.3 is 5.32 Å². The summed E-state index contributed by atoms with van der Waals surface area (Å²) in [5.74, 6) is 0.263. The topological polar surface area (TPSA) is 64.0 Å². The van der Waals surface area contributed by atoms with E-state index in [1.54, 1.807) is 0 Å². The van der Waals surface area contributed by atoms with Gasteiger partial charge in [-0.15, -0.1) is 0 Å². The Morgan fingerprint density at radius 3 is 2.65 bits per heavy atom. The van der Waals surface area contributed by atoms with Crippen molar-refractivity contribution >= 4 is 5.91 Å². The van der Waals surface area contributed by atoms with Crippen LogP contribution in [0.3, 0.4) is 0 Å². The second-order valence-electron chi connectivity index (χ2n) is 5.98. The number of amides is 1. The molecule has 1 aliphatic carbocycles. The minimum Gasteiger partial charge on any atom is -0.344 e. The van der Waals surface area contributed by atoms with Gasteiger partial charge in [0.2, 0.25) is 0 Å². The molecule has 120 valence electrons. The van der Waals surface area contributed by atoms with Gasteiger partial charge in [-0.2, -0.15) is 5.10 Å². The number of carbonyl (C=O) groups excluding carboxylic acids is 1. The molecular weight excluding hydrogens is 290 g/mol. The Morgan fingerprint density at radius 2 is 2.00 bits per heavy atom. The molecule has 1 saturated carbocycles. The van der Waals surface area contributed by atoms with E-state index >= 15 is 0 Å². The van der Waals surface area contributed by atoms with Crippen LogP contribution in [0.5, 0.6) is 0 Å². The van der Waals surface area contributed by atoms with Crippen molar-refractivity contribution in [1.82, 2.24) is 15.1 Å². The number of nitrogens with zero attached hydrogens (tertiary/aromatic N) is 2. The first-order chi connectivity index (χ1) is 11.2. The Hall–Kier alpha value is -2.43. The second-order valence-corrected chi connectivity index (χ2v) is 5.98. The summed E-state index contributed by atoms with van der Waals surface area (Å²) in [4.78, 5) is 24.3. The highest BCUT2D eigenvalue weighted by Gasteiger charge is 2.33. The number of nitrogens with one attached hydrogen (secondary N) is 1. The van der Waals surface area contributed by atoms with Crippen molar-refractivity contribution < 1.29 is 4.79 Å². The maximum absolute atomic E-state index is 12.5. The summed E-state index contributed by atoms with van der Waals surface area (Å²) in [7, 11) is 0. The molecule has 1 N–H and O–H groups in total. The van der Waals surface area contributed by atoms with Crippen LogP contribution in [-0.2, 0) is 6.54 Å². The Kier molecular flexibility index (Phi) is 4.55. The monoisotopic (exact) mass is 311 g/mol. The summed E-state index contributed by atoms with van der Waals surface area (Å²) in [5.41, 5.74) is 1.23. The molecule has 23 heavy (non-hydrogen) atoms. The quantitative estimate of drug-likeness (QED) is 0.891. The van der Waals surface area contributed by atoms with Gasteiger partial charge in [-0.3, -0.25) is 9.59 Å². The zero-order chi connectivity index (χ0) is 16.2. The molecule has 1 aromatic heterocycles.